The van der Waals surface area contributed by atoms with E-state index < -0.39 is 0 Å². The van der Waals surface area contributed by atoms with Crippen molar-refractivity contribution in [1.29, 1.82) is 0 Å². The Balaban J connectivity index is 1.47. The average molecular weight is 368 g/mol. The predicted molar refractivity (Wildman–Crippen MR) is 99.8 cm³/mol. The summed E-state index contributed by atoms with van der Waals surface area (Å²) in [5.74, 6) is 0.560. The monoisotopic (exact) mass is 368 g/mol. The average Bonchev–Trinajstić information content (AvgIpc) is 3.33. The molecule has 3 aromatic heterocycles. The molecule has 4 rings (SSSR count). The van der Waals surface area contributed by atoms with Crippen LogP contribution in [-0.4, -0.2) is 48.8 Å². The van der Waals surface area contributed by atoms with Crippen molar-refractivity contribution < 1.29 is 4.39 Å². The Morgan fingerprint density at radius 1 is 1.30 bits per heavy atom. The highest BCUT2D eigenvalue weighted by Gasteiger charge is 2.26. The lowest BCUT2D eigenvalue weighted by molar-refractivity contribution is 0.593. The molecule has 1 aliphatic rings. The van der Waals surface area contributed by atoms with Crippen molar-refractivity contribution in [2.24, 2.45) is 7.05 Å². The van der Waals surface area contributed by atoms with Crippen LogP contribution in [0.15, 0.2) is 31.0 Å². The Morgan fingerprint density at radius 2 is 2.19 bits per heavy atom. The third-order valence-electron chi connectivity index (χ3n) is 4.65. The molecule has 0 radical (unpaired) electrons. The molecule has 27 heavy (non-hydrogen) atoms. The fourth-order valence-corrected chi connectivity index (χ4v) is 3.22. The van der Waals surface area contributed by atoms with Gasteiger partial charge >= 0.3 is 0 Å². The first-order chi connectivity index (χ1) is 13.1. The number of nitrogens with one attached hydrogen (secondary N) is 1. The molecule has 0 spiro atoms. The third kappa shape index (κ3) is 3.57. The second kappa shape index (κ2) is 7.26. The first-order valence-corrected chi connectivity index (χ1v) is 8.97. The maximum Gasteiger partial charge on any atom is 0.225 e. The number of aryl methyl sites for hydroxylation is 2. The zero-order valence-corrected chi connectivity index (χ0v) is 15.3. The summed E-state index contributed by atoms with van der Waals surface area (Å²) in [7, 11) is 1.87. The molecule has 1 aliphatic heterocycles. The molecule has 9 heteroatoms. The molecule has 1 unspecified atom stereocenters. The second-order valence-electron chi connectivity index (χ2n) is 6.56. The van der Waals surface area contributed by atoms with Crippen LogP contribution in [0.2, 0.25) is 0 Å². The lowest BCUT2D eigenvalue weighted by Crippen LogP contribution is -2.28. The van der Waals surface area contributed by atoms with E-state index in [1.807, 2.05) is 26.2 Å². The molecule has 3 aromatic rings. The van der Waals surface area contributed by atoms with Gasteiger partial charge in [-0.2, -0.15) is 5.10 Å². The Kier molecular flexibility index (Phi) is 4.66. The third-order valence-corrected chi connectivity index (χ3v) is 4.65. The highest BCUT2D eigenvalue weighted by molar-refractivity contribution is 5.58. The standard InChI is InChI=1S/C18H21FN8/c1-3-14-16(19)17(22-11-21-14)24-13-5-7-27(10-13)18-20-6-4-15(25-18)12-8-23-26(2)9-12/h4,6,8-9,11,13H,3,5,7,10H2,1-2H3,(H,21,22,24). The van der Waals surface area contributed by atoms with Crippen LogP contribution in [0.5, 0.6) is 0 Å². The summed E-state index contributed by atoms with van der Waals surface area (Å²) < 4.78 is 16.1. The molecule has 1 fully saturated rings. The molecule has 0 bridgehead atoms. The Morgan fingerprint density at radius 3 is 2.96 bits per heavy atom. The van der Waals surface area contributed by atoms with Gasteiger partial charge in [-0.15, -0.1) is 0 Å². The number of anilines is 2. The van der Waals surface area contributed by atoms with E-state index in [0.29, 0.717) is 24.6 Å². The summed E-state index contributed by atoms with van der Waals surface area (Å²) in [6, 6.07) is 1.94. The molecule has 0 saturated carbocycles. The van der Waals surface area contributed by atoms with E-state index in [1.54, 1.807) is 17.1 Å². The molecule has 1 N–H and O–H groups in total. The maximum absolute atomic E-state index is 14.4. The topological polar surface area (TPSA) is 84.7 Å². The number of nitrogens with zero attached hydrogens (tertiary/aromatic N) is 7. The summed E-state index contributed by atoms with van der Waals surface area (Å²) in [6.07, 6.45) is 8.24. The van der Waals surface area contributed by atoms with E-state index in [-0.39, 0.29) is 17.7 Å². The lowest BCUT2D eigenvalue weighted by atomic mass is 10.2. The summed E-state index contributed by atoms with van der Waals surface area (Å²) >= 11 is 0. The fourth-order valence-electron chi connectivity index (χ4n) is 3.22. The molecular weight excluding hydrogens is 347 g/mol. The maximum atomic E-state index is 14.4. The molecule has 1 atom stereocenters. The first kappa shape index (κ1) is 17.3. The predicted octanol–water partition coefficient (Wildman–Crippen LogP) is 2.06. The Hall–Kier alpha value is -3.10. The first-order valence-electron chi connectivity index (χ1n) is 8.97. The van der Waals surface area contributed by atoms with Crippen LogP contribution in [0.25, 0.3) is 11.3 Å². The van der Waals surface area contributed by atoms with E-state index in [0.717, 1.165) is 24.2 Å². The molecule has 1 saturated heterocycles. The molecule has 4 heterocycles. The summed E-state index contributed by atoms with van der Waals surface area (Å²) in [5, 5.41) is 7.38. The van der Waals surface area contributed by atoms with Gasteiger partial charge in [0.25, 0.3) is 0 Å². The van der Waals surface area contributed by atoms with Crippen molar-refractivity contribution in [2.45, 2.75) is 25.8 Å². The van der Waals surface area contributed by atoms with Gasteiger partial charge in [0.05, 0.1) is 17.6 Å². The van der Waals surface area contributed by atoms with Gasteiger partial charge in [0.1, 0.15) is 6.33 Å². The number of halogens is 1. The van der Waals surface area contributed by atoms with Crippen molar-refractivity contribution >= 4 is 11.8 Å². The molecule has 0 aromatic carbocycles. The minimum Gasteiger partial charge on any atom is -0.363 e. The van der Waals surface area contributed by atoms with Crippen LogP contribution in [0.4, 0.5) is 16.2 Å². The number of rotatable bonds is 5. The van der Waals surface area contributed by atoms with Crippen molar-refractivity contribution in [3.05, 3.63) is 42.5 Å². The van der Waals surface area contributed by atoms with Gasteiger partial charge in [0.15, 0.2) is 11.6 Å². The van der Waals surface area contributed by atoms with Gasteiger partial charge in [-0.25, -0.2) is 24.3 Å². The fraction of sp³-hybridized carbons (Fsp3) is 0.389. The zero-order chi connectivity index (χ0) is 18.8. The Bertz CT molecular complexity index is 941. The minimum atomic E-state index is -0.367. The summed E-state index contributed by atoms with van der Waals surface area (Å²) in [6.45, 7) is 3.35. The quantitative estimate of drug-likeness (QED) is 0.738. The van der Waals surface area contributed by atoms with Gasteiger partial charge in [-0.1, -0.05) is 6.92 Å². The number of hydrogen-bond donors (Lipinski definition) is 1. The van der Waals surface area contributed by atoms with Gasteiger partial charge in [-0.3, -0.25) is 4.68 Å². The van der Waals surface area contributed by atoms with Crippen LogP contribution in [0.1, 0.15) is 19.0 Å². The number of aromatic nitrogens is 6. The van der Waals surface area contributed by atoms with Gasteiger partial charge in [0, 0.05) is 44.1 Å². The lowest BCUT2D eigenvalue weighted by Gasteiger charge is -2.18. The molecule has 0 aliphatic carbocycles. The molecule has 0 amide bonds. The van der Waals surface area contributed by atoms with Crippen molar-refractivity contribution in [1.82, 2.24) is 29.7 Å². The SMILES string of the molecule is CCc1ncnc(NC2CCN(c3nccc(-c4cnn(C)c4)n3)C2)c1F. The van der Waals surface area contributed by atoms with Crippen LogP contribution >= 0.6 is 0 Å². The van der Waals surface area contributed by atoms with Gasteiger partial charge in [0.2, 0.25) is 5.95 Å². The van der Waals surface area contributed by atoms with E-state index in [2.05, 4.69) is 35.3 Å². The molecule has 140 valence electrons. The van der Waals surface area contributed by atoms with E-state index in [4.69, 9.17) is 0 Å². The largest absolute Gasteiger partial charge is 0.363 e. The second-order valence-corrected chi connectivity index (χ2v) is 6.56. The van der Waals surface area contributed by atoms with Gasteiger partial charge in [-0.05, 0) is 18.9 Å². The van der Waals surface area contributed by atoms with Crippen molar-refractivity contribution in [3.63, 3.8) is 0 Å². The van der Waals surface area contributed by atoms with Crippen molar-refractivity contribution in [2.75, 3.05) is 23.3 Å². The molecule has 8 nitrogen and oxygen atoms in total. The van der Waals surface area contributed by atoms with Crippen molar-refractivity contribution in [3.8, 4) is 11.3 Å². The van der Waals surface area contributed by atoms with Crippen LogP contribution in [0, 0.1) is 5.82 Å². The van der Waals surface area contributed by atoms with Crippen LogP contribution < -0.4 is 10.2 Å². The zero-order valence-electron chi connectivity index (χ0n) is 15.3. The highest BCUT2D eigenvalue weighted by atomic mass is 19.1. The summed E-state index contributed by atoms with van der Waals surface area (Å²) in [4.78, 5) is 19.2. The van der Waals surface area contributed by atoms with Crippen LogP contribution in [0.3, 0.4) is 0 Å². The number of hydrogen-bond acceptors (Lipinski definition) is 7. The summed E-state index contributed by atoms with van der Waals surface area (Å²) in [5.41, 5.74) is 2.21. The van der Waals surface area contributed by atoms with Gasteiger partial charge < -0.3 is 10.2 Å². The smallest absolute Gasteiger partial charge is 0.225 e. The van der Waals surface area contributed by atoms with E-state index in [1.165, 1.54) is 6.33 Å². The highest BCUT2D eigenvalue weighted by Crippen LogP contribution is 2.23. The Labute approximate surface area is 156 Å². The normalized spacial score (nSPS) is 16.7. The van der Waals surface area contributed by atoms with E-state index in [9.17, 15) is 4.39 Å². The minimum absolute atomic E-state index is 0.0738. The van der Waals surface area contributed by atoms with E-state index >= 15 is 0 Å². The van der Waals surface area contributed by atoms with Crippen LogP contribution in [-0.2, 0) is 13.5 Å². The molecular formula is C18H21FN8.